The Morgan fingerprint density at radius 2 is 1.77 bits per heavy atom. The Morgan fingerprint density at radius 3 is 2.32 bits per heavy atom. The van der Waals surface area contributed by atoms with Crippen LogP contribution in [-0.2, 0) is 14.3 Å². The number of nitrogens with zero attached hydrogens (tertiary/aromatic N) is 2. The number of carbonyl (C=O) groups excluding carboxylic acids is 3. The van der Waals surface area contributed by atoms with E-state index in [0.29, 0.717) is 36.7 Å². The molecule has 1 saturated heterocycles. The van der Waals surface area contributed by atoms with Crippen molar-refractivity contribution in [1.82, 2.24) is 9.80 Å². The third kappa shape index (κ3) is 6.26. The molecule has 0 radical (unpaired) electrons. The van der Waals surface area contributed by atoms with Crippen molar-refractivity contribution in [2.75, 3.05) is 33.9 Å². The summed E-state index contributed by atoms with van der Waals surface area (Å²) in [6.07, 6.45) is -1.17. The number of rotatable bonds is 5. The number of piperazine rings is 1. The number of ether oxygens (including phenoxy) is 4. The average molecular weight is 437 g/mol. The fourth-order valence-electron chi connectivity index (χ4n) is 3.26. The fraction of sp³-hybridized carbons (Fsp3) is 0.591. The Labute approximate surface area is 183 Å². The molecule has 9 heteroatoms. The van der Waals surface area contributed by atoms with Crippen LogP contribution in [0.3, 0.4) is 0 Å². The summed E-state index contributed by atoms with van der Waals surface area (Å²) in [7, 11) is 2.75. The molecule has 172 valence electrons. The number of amides is 2. The zero-order valence-electron chi connectivity index (χ0n) is 19.3. The lowest BCUT2D eigenvalue weighted by atomic mass is 10.1. The predicted molar refractivity (Wildman–Crippen MR) is 113 cm³/mol. The first-order valence-corrected chi connectivity index (χ1v) is 10.2. The molecule has 2 rings (SSSR count). The second kappa shape index (κ2) is 9.89. The molecule has 1 aliphatic heterocycles. The molecule has 9 nitrogen and oxygen atoms in total. The van der Waals surface area contributed by atoms with Crippen LogP contribution in [-0.4, -0.2) is 79.4 Å². The van der Waals surface area contributed by atoms with E-state index in [9.17, 15) is 14.4 Å². The van der Waals surface area contributed by atoms with Crippen molar-refractivity contribution in [2.45, 2.75) is 52.4 Å². The van der Waals surface area contributed by atoms with E-state index in [2.05, 4.69) is 0 Å². The maximum Gasteiger partial charge on any atom is 0.410 e. The lowest BCUT2D eigenvalue weighted by molar-refractivity contribution is -0.142. The van der Waals surface area contributed by atoms with Gasteiger partial charge in [-0.25, -0.2) is 9.59 Å². The van der Waals surface area contributed by atoms with Crippen LogP contribution in [0, 0.1) is 0 Å². The molecule has 1 fully saturated rings. The fourth-order valence-corrected chi connectivity index (χ4v) is 3.26. The van der Waals surface area contributed by atoms with Crippen LogP contribution >= 0.6 is 0 Å². The van der Waals surface area contributed by atoms with Gasteiger partial charge in [0.2, 0.25) is 0 Å². The largest absolute Gasteiger partial charge is 0.493 e. The molecule has 1 aliphatic rings. The van der Waals surface area contributed by atoms with Gasteiger partial charge < -0.3 is 28.7 Å². The Bertz CT molecular complexity index is 819. The van der Waals surface area contributed by atoms with Gasteiger partial charge in [0.1, 0.15) is 5.60 Å². The second-order valence-corrected chi connectivity index (χ2v) is 8.42. The molecule has 0 aromatic heterocycles. The van der Waals surface area contributed by atoms with Gasteiger partial charge in [0.25, 0.3) is 5.91 Å². The zero-order valence-corrected chi connectivity index (χ0v) is 19.3. The summed E-state index contributed by atoms with van der Waals surface area (Å²) in [5.74, 6) is -0.0255. The van der Waals surface area contributed by atoms with Crippen LogP contribution in [0.4, 0.5) is 4.79 Å². The normalized spacial score (nSPS) is 17.6. The monoisotopic (exact) mass is 436 g/mol. The lowest BCUT2D eigenvalue weighted by Crippen LogP contribution is -2.58. The van der Waals surface area contributed by atoms with Gasteiger partial charge in [0.15, 0.2) is 17.6 Å². The Kier molecular flexibility index (Phi) is 7.75. The molecule has 0 N–H and O–H groups in total. The summed E-state index contributed by atoms with van der Waals surface area (Å²) >= 11 is 0. The van der Waals surface area contributed by atoms with Gasteiger partial charge >= 0.3 is 12.1 Å². The van der Waals surface area contributed by atoms with E-state index < -0.39 is 17.7 Å². The maximum atomic E-state index is 13.0. The van der Waals surface area contributed by atoms with Gasteiger partial charge in [-0.1, -0.05) is 0 Å². The van der Waals surface area contributed by atoms with E-state index in [0.717, 1.165) is 0 Å². The molecular formula is C22H32N2O7. The molecule has 2 atom stereocenters. The molecule has 31 heavy (non-hydrogen) atoms. The van der Waals surface area contributed by atoms with Gasteiger partial charge in [0.05, 0.1) is 19.8 Å². The topological polar surface area (TPSA) is 94.6 Å². The van der Waals surface area contributed by atoms with Gasteiger partial charge in [-0.3, -0.25) is 4.79 Å². The van der Waals surface area contributed by atoms with E-state index >= 15 is 0 Å². The first-order valence-electron chi connectivity index (χ1n) is 10.2. The zero-order chi connectivity index (χ0) is 23.3. The van der Waals surface area contributed by atoms with Crippen molar-refractivity contribution >= 4 is 18.0 Å². The van der Waals surface area contributed by atoms with Crippen molar-refractivity contribution < 1.29 is 33.3 Å². The average Bonchev–Trinajstić information content (AvgIpc) is 2.71. The number of carbonyl (C=O) groups is 3. The van der Waals surface area contributed by atoms with Crippen molar-refractivity contribution in [1.29, 1.82) is 0 Å². The van der Waals surface area contributed by atoms with Crippen molar-refractivity contribution in [3.63, 3.8) is 0 Å². The quantitative estimate of drug-likeness (QED) is 0.655. The standard InChI is InChI=1S/C22H32N2O7/c1-14-13-23(21(27)31-22(3,4)5)10-11-24(14)19(25)15(2)30-17-9-8-16(20(26)29-7)12-18(17)28-6/h8-9,12,14-15H,10-11,13H2,1-7H3/t14-,15+/m1/s1. The van der Waals surface area contributed by atoms with E-state index in [-0.39, 0.29) is 18.0 Å². The minimum absolute atomic E-state index is 0.191. The van der Waals surface area contributed by atoms with E-state index in [1.165, 1.54) is 20.3 Å². The summed E-state index contributed by atoms with van der Waals surface area (Å²) < 4.78 is 21.3. The molecular weight excluding hydrogens is 404 g/mol. The Balaban J connectivity index is 2.02. The SMILES string of the molecule is COC(=O)c1ccc(O[C@@H](C)C(=O)N2CCN(C(=O)OC(C)(C)C)C[C@H]2C)c(OC)c1. The van der Waals surface area contributed by atoms with E-state index in [1.807, 2.05) is 27.7 Å². The summed E-state index contributed by atoms with van der Waals surface area (Å²) in [4.78, 5) is 40.3. The van der Waals surface area contributed by atoms with E-state index in [1.54, 1.807) is 28.9 Å². The number of esters is 1. The van der Waals surface area contributed by atoms with Gasteiger partial charge in [-0.15, -0.1) is 0 Å². The van der Waals surface area contributed by atoms with Gasteiger partial charge in [-0.2, -0.15) is 0 Å². The minimum Gasteiger partial charge on any atom is -0.493 e. The molecule has 1 heterocycles. The minimum atomic E-state index is -0.784. The highest BCUT2D eigenvalue weighted by molar-refractivity contribution is 5.90. The molecule has 1 aromatic rings. The predicted octanol–water partition coefficient (Wildman–Crippen LogP) is 2.72. The van der Waals surface area contributed by atoms with Crippen LogP contribution in [0.15, 0.2) is 18.2 Å². The van der Waals surface area contributed by atoms with Crippen LogP contribution in [0.2, 0.25) is 0 Å². The third-order valence-corrected chi connectivity index (χ3v) is 4.80. The molecule has 0 spiro atoms. The molecule has 2 amide bonds. The molecule has 0 unspecified atom stereocenters. The van der Waals surface area contributed by atoms with Crippen LogP contribution < -0.4 is 9.47 Å². The maximum absolute atomic E-state index is 13.0. The van der Waals surface area contributed by atoms with Gasteiger partial charge in [0, 0.05) is 25.7 Å². The Morgan fingerprint density at radius 1 is 1.10 bits per heavy atom. The van der Waals surface area contributed by atoms with Crippen molar-refractivity contribution in [3.05, 3.63) is 23.8 Å². The highest BCUT2D eigenvalue weighted by Crippen LogP contribution is 2.30. The number of benzene rings is 1. The summed E-state index contributed by atoms with van der Waals surface area (Å²) in [6.45, 7) is 10.1. The number of hydrogen-bond donors (Lipinski definition) is 0. The van der Waals surface area contributed by atoms with Crippen LogP contribution in [0.5, 0.6) is 11.5 Å². The highest BCUT2D eigenvalue weighted by Gasteiger charge is 2.34. The van der Waals surface area contributed by atoms with Crippen molar-refractivity contribution in [2.24, 2.45) is 0 Å². The third-order valence-electron chi connectivity index (χ3n) is 4.80. The lowest BCUT2D eigenvalue weighted by Gasteiger charge is -2.41. The first-order chi connectivity index (χ1) is 14.5. The van der Waals surface area contributed by atoms with E-state index in [4.69, 9.17) is 18.9 Å². The molecule has 0 aliphatic carbocycles. The summed E-state index contributed by atoms with van der Waals surface area (Å²) in [5, 5.41) is 0. The van der Waals surface area contributed by atoms with Crippen LogP contribution in [0.25, 0.3) is 0 Å². The molecule has 0 bridgehead atoms. The summed E-state index contributed by atoms with van der Waals surface area (Å²) in [5.41, 5.74) is -0.254. The van der Waals surface area contributed by atoms with Crippen LogP contribution in [0.1, 0.15) is 45.0 Å². The molecule has 1 aromatic carbocycles. The number of methoxy groups -OCH3 is 2. The van der Waals surface area contributed by atoms with Crippen molar-refractivity contribution in [3.8, 4) is 11.5 Å². The van der Waals surface area contributed by atoms with Gasteiger partial charge in [-0.05, 0) is 52.8 Å². The number of hydrogen-bond acceptors (Lipinski definition) is 7. The highest BCUT2D eigenvalue weighted by atomic mass is 16.6. The first kappa shape index (κ1) is 24.3. The second-order valence-electron chi connectivity index (χ2n) is 8.42. The summed E-state index contributed by atoms with van der Waals surface area (Å²) in [6, 6.07) is 4.42. The Hall–Kier alpha value is -2.97. The molecule has 0 saturated carbocycles. The smallest absolute Gasteiger partial charge is 0.410 e.